The van der Waals surface area contributed by atoms with E-state index in [0.717, 1.165) is 10.7 Å². The number of hydrogen-bond acceptors (Lipinski definition) is 2. The van der Waals surface area contributed by atoms with Crippen molar-refractivity contribution in [3.63, 3.8) is 0 Å². The third-order valence-corrected chi connectivity index (χ3v) is 1.64. The number of aromatic nitrogens is 2. The van der Waals surface area contributed by atoms with Gasteiger partial charge in [0.2, 0.25) is 0 Å². The SMILES string of the molecule is CC(=O)Cn1nc(C(F)(F)F)cc1C. The summed E-state index contributed by atoms with van der Waals surface area (Å²) >= 11 is 0. The summed E-state index contributed by atoms with van der Waals surface area (Å²) in [5, 5.41) is 3.29. The van der Waals surface area contributed by atoms with Crippen LogP contribution in [-0.4, -0.2) is 15.6 Å². The second-order valence-corrected chi connectivity index (χ2v) is 3.03. The highest BCUT2D eigenvalue weighted by Gasteiger charge is 2.34. The molecule has 0 aliphatic carbocycles. The molecule has 14 heavy (non-hydrogen) atoms. The van der Waals surface area contributed by atoms with Gasteiger partial charge in [0.15, 0.2) is 11.5 Å². The maximum Gasteiger partial charge on any atom is 0.435 e. The largest absolute Gasteiger partial charge is 0.435 e. The third kappa shape index (κ3) is 2.34. The number of carbonyl (C=O) groups excluding carboxylic acids is 1. The Bertz CT molecular complexity index is 354. The number of aryl methyl sites for hydroxylation is 1. The Morgan fingerprint density at radius 1 is 1.57 bits per heavy atom. The monoisotopic (exact) mass is 206 g/mol. The number of ketones is 1. The standard InChI is InChI=1S/C8H9F3N2O/c1-5-3-7(8(9,10)11)12-13(5)4-6(2)14/h3H,4H2,1-2H3. The van der Waals surface area contributed by atoms with E-state index in [1.54, 1.807) is 0 Å². The van der Waals surface area contributed by atoms with Gasteiger partial charge in [-0.3, -0.25) is 9.48 Å². The number of alkyl halides is 3. The molecule has 0 aliphatic rings. The summed E-state index contributed by atoms with van der Waals surface area (Å²) in [6, 6.07) is 0.920. The molecule has 0 fully saturated rings. The minimum absolute atomic E-state index is 0.123. The first-order chi connectivity index (χ1) is 6.30. The highest BCUT2D eigenvalue weighted by molar-refractivity contribution is 5.75. The van der Waals surface area contributed by atoms with Crippen molar-refractivity contribution < 1.29 is 18.0 Å². The van der Waals surface area contributed by atoms with Crippen LogP contribution in [0.1, 0.15) is 18.3 Å². The Kier molecular flexibility index (Phi) is 2.64. The fourth-order valence-electron chi connectivity index (χ4n) is 1.02. The fraction of sp³-hybridized carbons (Fsp3) is 0.500. The van der Waals surface area contributed by atoms with Crippen LogP contribution in [0.25, 0.3) is 0 Å². The highest BCUT2D eigenvalue weighted by atomic mass is 19.4. The van der Waals surface area contributed by atoms with Crippen LogP contribution in [-0.2, 0) is 17.5 Å². The normalized spacial score (nSPS) is 11.8. The maximum atomic E-state index is 12.2. The first-order valence-corrected chi connectivity index (χ1v) is 3.92. The highest BCUT2D eigenvalue weighted by Crippen LogP contribution is 2.28. The molecule has 0 saturated heterocycles. The average molecular weight is 206 g/mol. The van der Waals surface area contributed by atoms with Crippen LogP contribution in [0.4, 0.5) is 13.2 Å². The lowest BCUT2D eigenvalue weighted by Crippen LogP contribution is -2.11. The molecule has 0 saturated carbocycles. The summed E-state index contributed by atoms with van der Waals surface area (Å²) in [6.45, 7) is 2.65. The van der Waals surface area contributed by atoms with Crippen LogP contribution in [0.3, 0.4) is 0 Å². The lowest BCUT2D eigenvalue weighted by atomic mass is 10.3. The number of hydrogen-bond donors (Lipinski definition) is 0. The zero-order chi connectivity index (χ0) is 10.9. The van der Waals surface area contributed by atoms with E-state index in [-0.39, 0.29) is 12.3 Å². The van der Waals surface area contributed by atoms with Crippen molar-refractivity contribution in [1.29, 1.82) is 0 Å². The van der Waals surface area contributed by atoms with Crippen LogP contribution in [0.15, 0.2) is 6.07 Å². The summed E-state index contributed by atoms with van der Waals surface area (Å²) in [6.07, 6.45) is -4.45. The molecule has 0 bridgehead atoms. The van der Waals surface area contributed by atoms with Crippen molar-refractivity contribution in [1.82, 2.24) is 9.78 Å². The first-order valence-electron chi connectivity index (χ1n) is 3.92. The predicted molar refractivity (Wildman–Crippen MR) is 42.6 cm³/mol. The quantitative estimate of drug-likeness (QED) is 0.739. The van der Waals surface area contributed by atoms with E-state index in [1.165, 1.54) is 13.8 Å². The van der Waals surface area contributed by atoms with Crippen molar-refractivity contribution in [2.24, 2.45) is 0 Å². The van der Waals surface area contributed by atoms with Gasteiger partial charge >= 0.3 is 6.18 Å². The van der Waals surface area contributed by atoms with Crippen molar-refractivity contribution in [3.8, 4) is 0 Å². The summed E-state index contributed by atoms with van der Waals surface area (Å²) < 4.78 is 37.5. The van der Waals surface area contributed by atoms with Gasteiger partial charge in [0, 0.05) is 5.69 Å². The van der Waals surface area contributed by atoms with Crippen molar-refractivity contribution >= 4 is 5.78 Å². The Hall–Kier alpha value is -1.33. The Balaban J connectivity index is 2.99. The van der Waals surface area contributed by atoms with E-state index in [1.807, 2.05) is 0 Å². The van der Waals surface area contributed by atoms with Crippen LogP contribution >= 0.6 is 0 Å². The molecule has 3 nitrogen and oxygen atoms in total. The smallest absolute Gasteiger partial charge is 0.298 e. The second-order valence-electron chi connectivity index (χ2n) is 3.03. The molecule has 0 aliphatic heterocycles. The van der Waals surface area contributed by atoms with Gasteiger partial charge in [-0.1, -0.05) is 0 Å². The van der Waals surface area contributed by atoms with Gasteiger partial charge in [0.05, 0.1) is 6.54 Å². The molecule has 6 heteroatoms. The second kappa shape index (κ2) is 3.43. The fourth-order valence-corrected chi connectivity index (χ4v) is 1.02. The molecule has 0 unspecified atom stereocenters. The van der Waals surface area contributed by atoms with Crippen molar-refractivity contribution in [3.05, 3.63) is 17.5 Å². The van der Waals surface area contributed by atoms with Crippen molar-refractivity contribution in [2.45, 2.75) is 26.6 Å². The summed E-state index contributed by atoms with van der Waals surface area (Å²) in [5.74, 6) is -0.232. The lowest BCUT2D eigenvalue weighted by molar-refractivity contribution is -0.141. The summed E-state index contributed by atoms with van der Waals surface area (Å²) in [5.41, 5.74) is -0.635. The molecule has 0 radical (unpaired) electrons. The average Bonchev–Trinajstić information content (AvgIpc) is 2.30. The van der Waals surface area contributed by atoms with Crippen LogP contribution in [0.2, 0.25) is 0 Å². The molecule has 0 N–H and O–H groups in total. The zero-order valence-corrected chi connectivity index (χ0v) is 7.72. The van der Waals surface area contributed by atoms with Crippen LogP contribution in [0, 0.1) is 6.92 Å². The molecule has 1 heterocycles. The van der Waals surface area contributed by atoms with Gasteiger partial charge in [-0.2, -0.15) is 18.3 Å². The predicted octanol–water partition coefficient (Wildman–Crippen LogP) is 1.80. The molecule has 1 aromatic heterocycles. The Morgan fingerprint density at radius 2 is 2.14 bits per heavy atom. The molecule has 78 valence electrons. The van der Waals surface area contributed by atoms with E-state index in [0.29, 0.717) is 5.69 Å². The molecule has 0 spiro atoms. The number of carbonyl (C=O) groups is 1. The van der Waals surface area contributed by atoms with Gasteiger partial charge in [0.1, 0.15) is 0 Å². The molecule has 0 aromatic carbocycles. The number of rotatable bonds is 2. The first kappa shape index (κ1) is 10.7. The van der Waals surface area contributed by atoms with Crippen LogP contribution in [0.5, 0.6) is 0 Å². The van der Waals surface area contributed by atoms with E-state index >= 15 is 0 Å². The summed E-state index contributed by atoms with van der Waals surface area (Å²) in [7, 11) is 0. The van der Waals surface area contributed by atoms with Gasteiger partial charge in [-0.15, -0.1) is 0 Å². The van der Waals surface area contributed by atoms with Gasteiger partial charge in [0.25, 0.3) is 0 Å². The van der Waals surface area contributed by atoms with Gasteiger partial charge in [-0.05, 0) is 19.9 Å². The van der Waals surface area contributed by atoms with Crippen molar-refractivity contribution in [2.75, 3.05) is 0 Å². The number of nitrogens with zero attached hydrogens (tertiary/aromatic N) is 2. The number of Topliss-reactive ketones (excluding diaryl/α,β-unsaturated/α-hetero) is 1. The molecule has 0 amide bonds. The van der Waals surface area contributed by atoms with Gasteiger partial charge < -0.3 is 0 Å². The third-order valence-electron chi connectivity index (χ3n) is 1.64. The maximum absolute atomic E-state index is 12.2. The zero-order valence-electron chi connectivity index (χ0n) is 7.72. The molecular formula is C8H9F3N2O. The topological polar surface area (TPSA) is 34.9 Å². The Morgan fingerprint density at radius 3 is 2.50 bits per heavy atom. The Labute approximate surface area is 78.5 Å². The number of halogens is 3. The summed E-state index contributed by atoms with van der Waals surface area (Å²) in [4.78, 5) is 10.7. The van der Waals surface area contributed by atoms with Crippen LogP contribution < -0.4 is 0 Å². The molecular weight excluding hydrogens is 197 g/mol. The molecule has 1 aromatic rings. The minimum Gasteiger partial charge on any atom is -0.298 e. The van der Waals surface area contributed by atoms with E-state index < -0.39 is 11.9 Å². The van der Waals surface area contributed by atoms with E-state index in [9.17, 15) is 18.0 Å². The molecule has 0 atom stereocenters. The van der Waals surface area contributed by atoms with E-state index in [4.69, 9.17) is 0 Å². The minimum atomic E-state index is -4.45. The lowest BCUT2D eigenvalue weighted by Gasteiger charge is -2.01. The molecule has 1 rings (SSSR count). The van der Waals surface area contributed by atoms with Gasteiger partial charge in [-0.25, -0.2) is 0 Å². The van der Waals surface area contributed by atoms with E-state index in [2.05, 4.69) is 5.10 Å².